The maximum absolute atomic E-state index is 11.5. The molecular formula is C15H26N2O6S. The second kappa shape index (κ2) is 13.7. The summed E-state index contributed by atoms with van der Waals surface area (Å²) < 4.78 is 9.64. The minimum absolute atomic E-state index is 0.0112. The molecule has 0 bridgehead atoms. The van der Waals surface area contributed by atoms with E-state index in [1.165, 1.54) is 11.8 Å². The van der Waals surface area contributed by atoms with Gasteiger partial charge in [-0.3, -0.25) is 4.79 Å². The molecule has 8 nitrogen and oxygen atoms in total. The van der Waals surface area contributed by atoms with E-state index in [2.05, 4.69) is 17.2 Å². The van der Waals surface area contributed by atoms with E-state index in [1.807, 2.05) is 0 Å². The summed E-state index contributed by atoms with van der Waals surface area (Å²) in [5, 5.41) is 13.8. The van der Waals surface area contributed by atoms with Crippen LogP contribution in [0, 0.1) is 5.92 Å². The van der Waals surface area contributed by atoms with Gasteiger partial charge in [-0.15, -0.1) is 0 Å². The van der Waals surface area contributed by atoms with Crippen LogP contribution in [0.1, 0.15) is 13.8 Å². The molecule has 2 amide bonds. The van der Waals surface area contributed by atoms with Gasteiger partial charge in [0.05, 0.1) is 19.1 Å². The van der Waals surface area contributed by atoms with Crippen molar-refractivity contribution in [3.8, 4) is 0 Å². The first-order valence-corrected chi connectivity index (χ1v) is 8.73. The van der Waals surface area contributed by atoms with E-state index < -0.39 is 5.97 Å². The molecule has 0 aliphatic heterocycles. The summed E-state index contributed by atoms with van der Waals surface area (Å²) in [4.78, 5) is 34.0. The van der Waals surface area contributed by atoms with E-state index >= 15 is 0 Å². The topological polar surface area (TPSA) is 114 Å². The molecule has 0 aromatic rings. The van der Waals surface area contributed by atoms with Crippen LogP contribution in [-0.4, -0.2) is 67.5 Å². The van der Waals surface area contributed by atoms with Crippen molar-refractivity contribution in [1.82, 2.24) is 10.6 Å². The van der Waals surface area contributed by atoms with Crippen LogP contribution in [0.4, 0.5) is 4.79 Å². The zero-order valence-corrected chi connectivity index (χ0v) is 14.9. The number of aliphatic hydroxyl groups excluding tert-OH is 1. The number of carbonyl (C=O) groups excluding carboxylic acids is 3. The van der Waals surface area contributed by atoms with E-state index in [-0.39, 0.29) is 44.3 Å². The van der Waals surface area contributed by atoms with Crippen LogP contribution in [0.15, 0.2) is 12.2 Å². The Labute approximate surface area is 146 Å². The number of rotatable bonds is 12. The lowest BCUT2D eigenvalue weighted by Crippen LogP contribution is -2.38. The molecule has 0 aliphatic rings. The summed E-state index contributed by atoms with van der Waals surface area (Å²) in [7, 11) is 0. The smallest absolute Gasteiger partial charge is 0.333 e. The van der Waals surface area contributed by atoms with Gasteiger partial charge in [-0.2, -0.15) is 11.8 Å². The summed E-state index contributed by atoms with van der Waals surface area (Å²) in [5.41, 5.74) is 0.311. The third-order valence-electron chi connectivity index (χ3n) is 2.61. The van der Waals surface area contributed by atoms with Gasteiger partial charge < -0.3 is 25.2 Å². The molecule has 3 N–H and O–H groups in total. The average molecular weight is 362 g/mol. The number of hydrogen-bond donors (Lipinski definition) is 3. The van der Waals surface area contributed by atoms with Crippen molar-refractivity contribution in [1.29, 1.82) is 0 Å². The molecule has 0 saturated carbocycles. The molecule has 1 unspecified atom stereocenters. The standard InChI is InChI=1S/C15H26N2O6S/c1-11(2)13(19)22-7-4-16-15(21)17-5-9-24-10-12(3)14(20)23-8-6-18/h12,18H,1,4-10H2,2-3H3,(H2,16,17,21). The van der Waals surface area contributed by atoms with Gasteiger partial charge in [0.1, 0.15) is 13.2 Å². The number of aliphatic hydroxyl groups is 1. The van der Waals surface area contributed by atoms with Gasteiger partial charge in [-0.1, -0.05) is 13.5 Å². The molecule has 0 spiro atoms. The van der Waals surface area contributed by atoms with Crippen LogP contribution < -0.4 is 10.6 Å². The van der Waals surface area contributed by atoms with Crippen LogP contribution in [0.5, 0.6) is 0 Å². The Morgan fingerprint density at radius 3 is 2.46 bits per heavy atom. The molecule has 0 saturated heterocycles. The predicted molar refractivity (Wildman–Crippen MR) is 91.7 cm³/mol. The summed E-state index contributed by atoms with van der Waals surface area (Å²) >= 11 is 1.52. The third-order valence-corrected chi connectivity index (χ3v) is 3.84. The summed E-state index contributed by atoms with van der Waals surface area (Å²) in [6.45, 7) is 7.32. The number of carbonyl (C=O) groups is 3. The zero-order valence-electron chi connectivity index (χ0n) is 14.1. The SMILES string of the molecule is C=C(C)C(=O)OCCNC(=O)NCCSCC(C)C(=O)OCCO. The molecule has 0 fully saturated rings. The first kappa shape index (κ1) is 22.3. The molecule has 0 aromatic heterocycles. The lowest BCUT2D eigenvalue weighted by atomic mass is 10.2. The van der Waals surface area contributed by atoms with Crippen molar-refractivity contribution in [2.75, 3.05) is 44.4 Å². The van der Waals surface area contributed by atoms with Crippen molar-refractivity contribution < 1.29 is 29.0 Å². The number of esters is 2. The lowest BCUT2D eigenvalue weighted by Gasteiger charge is -2.11. The van der Waals surface area contributed by atoms with Gasteiger partial charge >= 0.3 is 18.0 Å². The minimum atomic E-state index is -0.486. The Bertz CT molecular complexity index is 430. The van der Waals surface area contributed by atoms with Crippen LogP contribution in [0.2, 0.25) is 0 Å². The van der Waals surface area contributed by atoms with E-state index in [1.54, 1.807) is 13.8 Å². The Balaban J connectivity index is 3.57. The largest absolute Gasteiger partial charge is 0.463 e. The molecule has 0 radical (unpaired) electrons. The Morgan fingerprint density at radius 2 is 1.83 bits per heavy atom. The second-order valence-electron chi connectivity index (χ2n) is 4.97. The average Bonchev–Trinajstić information content (AvgIpc) is 2.55. The Kier molecular flexibility index (Phi) is 12.7. The monoisotopic (exact) mass is 362 g/mol. The summed E-state index contributed by atoms with van der Waals surface area (Å²) in [5.74, 6) is 0.130. The van der Waals surface area contributed by atoms with Crippen LogP contribution in [-0.2, 0) is 19.1 Å². The first-order valence-electron chi connectivity index (χ1n) is 7.58. The molecule has 9 heteroatoms. The molecule has 0 heterocycles. The Hall–Kier alpha value is -1.74. The lowest BCUT2D eigenvalue weighted by molar-refractivity contribution is -0.148. The van der Waals surface area contributed by atoms with Crippen molar-refractivity contribution in [2.24, 2.45) is 5.92 Å². The number of nitrogens with one attached hydrogen (secondary N) is 2. The number of urea groups is 1. The van der Waals surface area contributed by atoms with E-state index in [0.717, 1.165) is 0 Å². The quantitative estimate of drug-likeness (QED) is 0.260. The van der Waals surface area contributed by atoms with Gasteiger partial charge in [0.15, 0.2) is 0 Å². The van der Waals surface area contributed by atoms with Crippen molar-refractivity contribution in [2.45, 2.75) is 13.8 Å². The second-order valence-corrected chi connectivity index (χ2v) is 6.12. The van der Waals surface area contributed by atoms with Crippen molar-refractivity contribution in [3.63, 3.8) is 0 Å². The molecular weight excluding hydrogens is 336 g/mol. The van der Waals surface area contributed by atoms with E-state index in [9.17, 15) is 14.4 Å². The van der Waals surface area contributed by atoms with E-state index in [4.69, 9.17) is 14.6 Å². The predicted octanol–water partition coefficient (Wildman–Crippen LogP) is 0.310. The highest BCUT2D eigenvalue weighted by Gasteiger charge is 2.13. The summed E-state index contributed by atoms with van der Waals surface area (Å²) in [6.07, 6.45) is 0. The highest BCUT2D eigenvalue weighted by atomic mass is 32.2. The van der Waals surface area contributed by atoms with Gasteiger partial charge in [0, 0.05) is 23.6 Å². The molecule has 0 aliphatic carbocycles. The number of thioether (sulfide) groups is 1. The van der Waals surface area contributed by atoms with Crippen LogP contribution >= 0.6 is 11.8 Å². The summed E-state index contributed by atoms with van der Waals surface area (Å²) in [6, 6.07) is -0.350. The fraction of sp³-hybridized carbons (Fsp3) is 0.667. The zero-order chi connectivity index (χ0) is 18.4. The van der Waals surface area contributed by atoms with Crippen LogP contribution in [0.3, 0.4) is 0 Å². The highest BCUT2D eigenvalue weighted by molar-refractivity contribution is 7.99. The normalized spacial score (nSPS) is 11.3. The van der Waals surface area contributed by atoms with Gasteiger partial charge in [0.2, 0.25) is 0 Å². The third kappa shape index (κ3) is 11.8. The molecule has 1 atom stereocenters. The first-order chi connectivity index (χ1) is 11.4. The van der Waals surface area contributed by atoms with Crippen molar-refractivity contribution >= 4 is 29.7 Å². The number of amides is 2. The highest BCUT2D eigenvalue weighted by Crippen LogP contribution is 2.09. The minimum Gasteiger partial charge on any atom is -0.463 e. The molecule has 138 valence electrons. The van der Waals surface area contributed by atoms with Gasteiger partial charge in [-0.25, -0.2) is 9.59 Å². The van der Waals surface area contributed by atoms with E-state index in [0.29, 0.717) is 23.6 Å². The maximum atomic E-state index is 11.5. The van der Waals surface area contributed by atoms with Crippen LogP contribution in [0.25, 0.3) is 0 Å². The van der Waals surface area contributed by atoms with Crippen molar-refractivity contribution in [3.05, 3.63) is 12.2 Å². The van der Waals surface area contributed by atoms with Gasteiger partial charge in [0.25, 0.3) is 0 Å². The molecule has 24 heavy (non-hydrogen) atoms. The number of hydrogen-bond acceptors (Lipinski definition) is 7. The Morgan fingerprint density at radius 1 is 1.17 bits per heavy atom. The van der Waals surface area contributed by atoms with Gasteiger partial charge in [-0.05, 0) is 6.92 Å². The molecule has 0 aromatic carbocycles. The maximum Gasteiger partial charge on any atom is 0.333 e. The molecule has 0 rings (SSSR count). The fourth-order valence-corrected chi connectivity index (χ4v) is 2.25. The fourth-order valence-electron chi connectivity index (χ4n) is 1.35. The number of ether oxygens (including phenoxy) is 2.